The maximum atomic E-state index is 10.8. The molecule has 4 nitrogen and oxygen atoms in total. The molecule has 0 radical (unpaired) electrons. The third kappa shape index (κ3) is 4.34. The van der Waals surface area contributed by atoms with E-state index in [1.165, 1.54) is 0 Å². The Balaban J connectivity index is 4.38. The first-order valence-electron chi connectivity index (χ1n) is 3.40. The Bertz CT molecular complexity index is 219. The Morgan fingerprint density at radius 1 is 1.45 bits per heavy atom. The quantitative estimate of drug-likeness (QED) is 0.624. The van der Waals surface area contributed by atoms with Gasteiger partial charge in [0.2, 0.25) is 10.0 Å². The Morgan fingerprint density at radius 3 is 1.91 bits per heavy atom. The van der Waals surface area contributed by atoms with E-state index in [4.69, 9.17) is 5.73 Å². The van der Waals surface area contributed by atoms with E-state index in [0.29, 0.717) is 0 Å². The minimum atomic E-state index is -3.16. The predicted molar refractivity (Wildman–Crippen MR) is 45.7 cm³/mol. The molecule has 0 aromatic heterocycles. The van der Waals surface area contributed by atoms with Gasteiger partial charge in [-0.1, -0.05) is 0 Å². The van der Waals surface area contributed by atoms with Gasteiger partial charge in [0, 0.05) is 11.6 Å². The molecule has 0 bridgehead atoms. The van der Waals surface area contributed by atoms with Gasteiger partial charge in [0.1, 0.15) is 0 Å². The second-order valence-electron chi connectivity index (χ2n) is 3.38. The van der Waals surface area contributed by atoms with Crippen molar-refractivity contribution in [2.24, 2.45) is 5.73 Å². The molecule has 3 N–H and O–H groups in total. The number of sulfonamides is 1. The maximum absolute atomic E-state index is 10.8. The zero-order chi connectivity index (χ0) is 9.28. The Kier molecular flexibility index (Phi) is 3.05. The number of hydrogen-bond acceptors (Lipinski definition) is 3. The first-order chi connectivity index (χ1) is 4.65. The van der Waals surface area contributed by atoms with Gasteiger partial charge in [-0.05, 0) is 20.8 Å². The summed E-state index contributed by atoms with van der Waals surface area (Å²) in [5, 5.41) is 0. The highest BCUT2D eigenvalue weighted by molar-refractivity contribution is 7.88. The van der Waals surface area contributed by atoms with Gasteiger partial charge >= 0.3 is 0 Å². The lowest BCUT2D eigenvalue weighted by Gasteiger charge is -2.28. The van der Waals surface area contributed by atoms with Crippen molar-refractivity contribution in [3.63, 3.8) is 0 Å². The molecular weight excluding hydrogens is 164 g/mol. The van der Waals surface area contributed by atoms with E-state index in [0.717, 1.165) is 6.26 Å². The van der Waals surface area contributed by atoms with Crippen LogP contribution in [0.1, 0.15) is 20.8 Å². The lowest BCUT2D eigenvalue weighted by Crippen LogP contribution is -2.54. The van der Waals surface area contributed by atoms with Crippen LogP contribution in [-0.4, -0.2) is 26.3 Å². The van der Waals surface area contributed by atoms with Gasteiger partial charge in [0.05, 0.1) is 6.26 Å². The van der Waals surface area contributed by atoms with Gasteiger partial charge < -0.3 is 5.73 Å². The molecule has 5 heteroatoms. The molecule has 1 unspecified atom stereocenters. The smallest absolute Gasteiger partial charge is 0.209 e. The van der Waals surface area contributed by atoms with Crippen molar-refractivity contribution in [3.05, 3.63) is 0 Å². The van der Waals surface area contributed by atoms with Crippen molar-refractivity contribution in [2.45, 2.75) is 32.4 Å². The monoisotopic (exact) mass is 180 g/mol. The minimum Gasteiger partial charge on any atom is -0.326 e. The topological polar surface area (TPSA) is 72.2 Å². The molecule has 0 aliphatic rings. The molecule has 0 rings (SSSR count). The molecule has 0 fully saturated rings. The minimum absolute atomic E-state index is 0.211. The van der Waals surface area contributed by atoms with E-state index in [2.05, 4.69) is 4.72 Å². The Morgan fingerprint density at radius 2 is 1.82 bits per heavy atom. The molecule has 0 saturated carbocycles. The Labute approximate surface area is 68.2 Å². The highest BCUT2D eigenvalue weighted by Gasteiger charge is 2.25. The average molecular weight is 180 g/mol. The van der Waals surface area contributed by atoms with Crippen molar-refractivity contribution in [1.82, 2.24) is 4.72 Å². The molecule has 0 aromatic rings. The molecule has 0 heterocycles. The van der Waals surface area contributed by atoms with Crippen LogP contribution in [-0.2, 0) is 10.0 Å². The standard InChI is InChI=1S/C6H16N2O2S/c1-5(7)6(2,3)8-11(4,9)10/h5,8H,7H2,1-4H3. The van der Waals surface area contributed by atoms with Crippen molar-refractivity contribution >= 4 is 10.0 Å². The fourth-order valence-electron chi connectivity index (χ4n) is 0.571. The van der Waals surface area contributed by atoms with Crippen LogP contribution in [0.25, 0.3) is 0 Å². The molecule has 0 aliphatic carbocycles. The molecule has 11 heavy (non-hydrogen) atoms. The second kappa shape index (κ2) is 3.08. The first kappa shape index (κ1) is 10.9. The lowest BCUT2D eigenvalue weighted by molar-refractivity contribution is 0.389. The van der Waals surface area contributed by atoms with Crippen LogP contribution in [0.15, 0.2) is 0 Å². The Hall–Kier alpha value is -0.130. The number of nitrogens with two attached hydrogens (primary N) is 1. The molecule has 0 aliphatic heterocycles. The summed E-state index contributed by atoms with van der Waals surface area (Å²) in [4.78, 5) is 0. The fourth-order valence-corrected chi connectivity index (χ4v) is 1.71. The third-order valence-electron chi connectivity index (χ3n) is 1.59. The van der Waals surface area contributed by atoms with E-state index < -0.39 is 15.6 Å². The third-order valence-corrected chi connectivity index (χ3v) is 2.48. The van der Waals surface area contributed by atoms with Crippen LogP contribution in [0.3, 0.4) is 0 Å². The molecule has 68 valence electrons. The van der Waals surface area contributed by atoms with Crippen LogP contribution in [0.2, 0.25) is 0 Å². The second-order valence-corrected chi connectivity index (χ2v) is 5.13. The largest absolute Gasteiger partial charge is 0.326 e. The molecule has 0 aromatic carbocycles. The average Bonchev–Trinajstić information content (AvgIpc) is 1.56. The molecule has 0 saturated heterocycles. The SMILES string of the molecule is CC(N)C(C)(C)NS(C)(=O)=O. The van der Waals surface area contributed by atoms with Crippen LogP contribution in [0.4, 0.5) is 0 Å². The summed E-state index contributed by atoms with van der Waals surface area (Å²) in [6.07, 6.45) is 1.12. The highest BCUT2D eigenvalue weighted by Crippen LogP contribution is 2.06. The highest BCUT2D eigenvalue weighted by atomic mass is 32.2. The molecular formula is C6H16N2O2S. The van der Waals surface area contributed by atoms with Crippen molar-refractivity contribution < 1.29 is 8.42 Å². The van der Waals surface area contributed by atoms with Crippen LogP contribution >= 0.6 is 0 Å². The predicted octanol–water partition coefficient (Wildman–Crippen LogP) is -0.339. The number of hydrogen-bond donors (Lipinski definition) is 2. The summed E-state index contributed by atoms with van der Waals surface area (Å²) < 4.78 is 24.0. The van der Waals surface area contributed by atoms with Crippen LogP contribution in [0.5, 0.6) is 0 Å². The van der Waals surface area contributed by atoms with Gasteiger partial charge in [0.15, 0.2) is 0 Å². The van der Waals surface area contributed by atoms with E-state index in [1.54, 1.807) is 20.8 Å². The first-order valence-corrected chi connectivity index (χ1v) is 5.29. The zero-order valence-corrected chi connectivity index (χ0v) is 8.20. The molecule has 0 amide bonds. The van der Waals surface area contributed by atoms with Gasteiger partial charge in [-0.3, -0.25) is 0 Å². The van der Waals surface area contributed by atoms with Crippen molar-refractivity contribution in [3.8, 4) is 0 Å². The summed E-state index contributed by atoms with van der Waals surface area (Å²) in [5.41, 5.74) is 4.97. The fraction of sp³-hybridized carbons (Fsp3) is 1.00. The van der Waals surface area contributed by atoms with Gasteiger partial charge in [-0.25, -0.2) is 13.1 Å². The summed E-state index contributed by atoms with van der Waals surface area (Å²) in [7, 11) is -3.16. The van der Waals surface area contributed by atoms with Crippen LogP contribution < -0.4 is 10.5 Å². The summed E-state index contributed by atoms with van der Waals surface area (Å²) in [6.45, 7) is 5.26. The zero-order valence-electron chi connectivity index (χ0n) is 7.38. The van der Waals surface area contributed by atoms with E-state index >= 15 is 0 Å². The summed E-state index contributed by atoms with van der Waals surface area (Å²) in [6, 6.07) is -0.211. The van der Waals surface area contributed by atoms with Gasteiger partial charge in [-0.2, -0.15) is 0 Å². The van der Waals surface area contributed by atoms with E-state index in [-0.39, 0.29) is 6.04 Å². The summed E-state index contributed by atoms with van der Waals surface area (Å²) in [5.74, 6) is 0. The van der Waals surface area contributed by atoms with Crippen molar-refractivity contribution in [1.29, 1.82) is 0 Å². The van der Waals surface area contributed by atoms with Gasteiger partial charge in [0.25, 0.3) is 0 Å². The molecule has 1 atom stereocenters. The van der Waals surface area contributed by atoms with E-state index in [9.17, 15) is 8.42 Å². The number of rotatable bonds is 3. The maximum Gasteiger partial charge on any atom is 0.209 e. The summed E-state index contributed by atoms with van der Waals surface area (Å²) >= 11 is 0. The normalized spacial score (nSPS) is 16.5. The van der Waals surface area contributed by atoms with Crippen molar-refractivity contribution in [2.75, 3.05) is 6.26 Å². The number of nitrogens with one attached hydrogen (secondary N) is 1. The van der Waals surface area contributed by atoms with Gasteiger partial charge in [-0.15, -0.1) is 0 Å². The van der Waals surface area contributed by atoms with Crippen LogP contribution in [0, 0.1) is 0 Å². The lowest BCUT2D eigenvalue weighted by atomic mass is 9.99. The molecule has 0 spiro atoms. The van der Waals surface area contributed by atoms with E-state index in [1.807, 2.05) is 0 Å².